The number of thioether (sulfide) groups is 1. The van der Waals surface area contributed by atoms with E-state index in [0.717, 1.165) is 22.5 Å². The van der Waals surface area contributed by atoms with Crippen molar-refractivity contribution in [1.82, 2.24) is 19.6 Å². The standard InChI is InChI=1S/C36H27Cl2N5O5S2/c1-20-30(42-15-7-6-10-28(42)39-20)32(44)29-31(22-12-14-26(27(16-22)47-2)48-18-21-8-4-3-5-9-21)43(34(46)33(29)45)35-40-41-36(50-35)49-19-23-11-13-24(37)17-25(23)38/h3-17,31,44H,18-19H2,1-2H3. The number of halogens is 2. The predicted octanol–water partition coefficient (Wildman–Crippen LogP) is 8.31. The number of amides is 1. The van der Waals surface area contributed by atoms with E-state index in [2.05, 4.69) is 15.2 Å². The number of aryl methyl sites for hydroxylation is 1. The van der Waals surface area contributed by atoms with E-state index in [-0.39, 0.29) is 16.5 Å². The number of Topliss-reactive ketones (excluding diaryl/α,β-unsaturated/α-hetero) is 1. The number of hydrogen-bond acceptors (Lipinski definition) is 10. The number of ketones is 1. The lowest BCUT2D eigenvalue weighted by Crippen LogP contribution is -2.29. The molecular formula is C36H27Cl2N5O5S2. The highest BCUT2D eigenvalue weighted by atomic mass is 35.5. The predicted molar refractivity (Wildman–Crippen MR) is 194 cm³/mol. The number of carbonyl (C=O) groups is 2. The van der Waals surface area contributed by atoms with Crippen LogP contribution in [-0.2, 0) is 21.9 Å². The zero-order valence-corrected chi connectivity index (χ0v) is 29.7. The second kappa shape index (κ2) is 14.2. The molecule has 14 heteroatoms. The fraction of sp³-hybridized carbons (Fsp3) is 0.139. The van der Waals surface area contributed by atoms with Crippen molar-refractivity contribution >= 4 is 74.5 Å². The monoisotopic (exact) mass is 743 g/mol. The summed E-state index contributed by atoms with van der Waals surface area (Å²) in [4.78, 5) is 33.7. The number of anilines is 1. The summed E-state index contributed by atoms with van der Waals surface area (Å²) >= 11 is 15.0. The smallest absolute Gasteiger partial charge is 0.301 e. The van der Waals surface area contributed by atoms with Crippen molar-refractivity contribution < 1.29 is 24.2 Å². The maximum absolute atomic E-state index is 14.0. The number of pyridine rings is 1. The molecule has 0 radical (unpaired) electrons. The molecule has 252 valence electrons. The first kappa shape index (κ1) is 33.6. The Bertz CT molecular complexity index is 2290. The van der Waals surface area contributed by atoms with Gasteiger partial charge in [-0.3, -0.25) is 18.9 Å². The molecule has 3 aromatic carbocycles. The number of carbonyl (C=O) groups excluding carboxylic acids is 2. The van der Waals surface area contributed by atoms with E-state index in [9.17, 15) is 14.7 Å². The Morgan fingerprint density at radius 2 is 1.78 bits per heavy atom. The third-order valence-corrected chi connectivity index (χ3v) is 10.8. The van der Waals surface area contributed by atoms with Crippen LogP contribution in [0.3, 0.4) is 0 Å². The van der Waals surface area contributed by atoms with Gasteiger partial charge in [0.15, 0.2) is 21.6 Å². The van der Waals surface area contributed by atoms with E-state index >= 15 is 0 Å². The van der Waals surface area contributed by atoms with Gasteiger partial charge in [-0.2, -0.15) is 0 Å². The quantitative estimate of drug-likeness (QED) is 0.0486. The first-order valence-corrected chi connectivity index (χ1v) is 17.8. The first-order valence-electron chi connectivity index (χ1n) is 15.2. The largest absolute Gasteiger partial charge is 0.505 e. The average molecular weight is 745 g/mol. The molecule has 1 unspecified atom stereocenters. The molecule has 10 nitrogen and oxygen atoms in total. The number of imidazole rings is 1. The van der Waals surface area contributed by atoms with Crippen LogP contribution < -0.4 is 14.4 Å². The summed E-state index contributed by atoms with van der Waals surface area (Å²) in [6, 6.07) is 24.4. The molecular weight excluding hydrogens is 717 g/mol. The van der Waals surface area contributed by atoms with E-state index in [1.165, 1.54) is 23.8 Å². The molecule has 1 amide bonds. The number of methoxy groups -OCH3 is 1. The number of benzene rings is 3. The van der Waals surface area contributed by atoms with Crippen LogP contribution in [0.2, 0.25) is 10.0 Å². The molecule has 1 aliphatic heterocycles. The van der Waals surface area contributed by atoms with Crippen LogP contribution in [0.1, 0.15) is 34.1 Å². The number of nitrogens with zero attached hydrogens (tertiary/aromatic N) is 5. The minimum atomic E-state index is -1.09. The molecule has 50 heavy (non-hydrogen) atoms. The summed E-state index contributed by atoms with van der Waals surface area (Å²) in [6.45, 7) is 2.03. The lowest BCUT2D eigenvalue weighted by atomic mass is 9.96. The zero-order chi connectivity index (χ0) is 34.9. The number of rotatable bonds is 10. The van der Waals surface area contributed by atoms with Gasteiger partial charge in [0.2, 0.25) is 5.13 Å². The minimum Gasteiger partial charge on any atom is -0.505 e. The van der Waals surface area contributed by atoms with Crippen LogP contribution in [0, 0.1) is 6.92 Å². The highest BCUT2D eigenvalue weighted by Gasteiger charge is 2.49. The number of ether oxygens (including phenoxy) is 2. The maximum atomic E-state index is 14.0. The molecule has 1 aliphatic rings. The molecule has 6 aromatic rings. The third kappa shape index (κ3) is 6.42. The Morgan fingerprint density at radius 1 is 0.980 bits per heavy atom. The second-order valence-corrected chi connectivity index (χ2v) is 14.2. The van der Waals surface area contributed by atoms with Crippen LogP contribution >= 0.6 is 46.3 Å². The molecule has 1 saturated heterocycles. The normalized spacial score (nSPS) is 15.6. The van der Waals surface area contributed by atoms with Crippen molar-refractivity contribution in [2.45, 2.75) is 29.7 Å². The molecule has 0 aliphatic carbocycles. The summed E-state index contributed by atoms with van der Waals surface area (Å²) < 4.78 is 14.0. The van der Waals surface area contributed by atoms with Gasteiger partial charge in [-0.1, -0.05) is 94.8 Å². The van der Waals surface area contributed by atoms with Crippen molar-refractivity contribution in [2.24, 2.45) is 0 Å². The molecule has 1 atom stereocenters. The number of hydrogen-bond donors (Lipinski definition) is 1. The summed E-state index contributed by atoms with van der Waals surface area (Å²) in [5.74, 6) is -0.791. The molecule has 0 saturated carbocycles. The third-order valence-electron chi connectivity index (χ3n) is 8.08. The molecule has 0 bridgehead atoms. The van der Waals surface area contributed by atoms with Gasteiger partial charge in [0.05, 0.1) is 24.4 Å². The van der Waals surface area contributed by atoms with Gasteiger partial charge in [0.1, 0.15) is 17.9 Å². The second-order valence-electron chi connectivity index (χ2n) is 11.2. The fourth-order valence-corrected chi connectivity index (χ4v) is 8.14. The van der Waals surface area contributed by atoms with Crippen molar-refractivity contribution in [3.05, 3.63) is 135 Å². The van der Waals surface area contributed by atoms with Crippen molar-refractivity contribution in [3.63, 3.8) is 0 Å². The van der Waals surface area contributed by atoms with Gasteiger partial charge in [-0.15, -0.1) is 10.2 Å². The van der Waals surface area contributed by atoms with Crippen LogP contribution in [0.5, 0.6) is 11.5 Å². The number of aliphatic hydroxyl groups is 1. The molecule has 7 rings (SSSR count). The Balaban J connectivity index is 1.30. The SMILES string of the molecule is COc1cc(C2C(=C(O)c3c(C)nc4ccccn34)C(=O)C(=O)N2c2nnc(SCc3ccc(Cl)cc3Cl)s2)ccc1OCc1ccccc1. The minimum absolute atomic E-state index is 0.124. The van der Waals surface area contributed by atoms with Gasteiger partial charge in [-0.25, -0.2) is 4.98 Å². The van der Waals surface area contributed by atoms with Crippen LogP contribution in [-0.4, -0.2) is 43.5 Å². The van der Waals surface area contributed by atoms with Gasteiger partial charge in [-0.05, 0) is 60.0 Å². The molecule has 1 N–H and O–H groups in total. The number of aliphatic hydroxyl groups excluding tert-OH is 1. The van der Waals surface area contributed by atoms with Gasteiger partial charge in [0, 0.05) is 22.0 Å². The molecule has 0 spiro atoms. The molecule has 3 aromatic heterocycles. The lowest BCUT2D eigenvalue weighted by molar-refractivity contribution is -0.132. The van der Waals surface area contributed by atoms with Crippen LogP contribution in [0.4, 0.5) is 5.13 Å². The Hall–Kier alpha value is -4.88. The number of aromatic nitrogens is 4. The summed E-state index contributed by atoms with van der Waals surface area (Å²) in [5.41, 5.74) is 3.54. The first-order chi connectivity index (χ1) is 24.2. The Labute approximate surface area is 304 Å². The molecule has 1 fully saturated rings. The van der Waals surface area contributed by atoms with E-state index in [1.54, 1.807) is 60.0 Å². The Kier molecular flexibility index (Phi) is 9.52. The average Bonchev–Trinajstić information content (AvgIpc) is 3.80. The van der Waals surface area contributed by atoms with E-state index in [4.69, 9.17) is 32.7 Å². The van der Waals surface area contributed by atoms with Crippen molar-refractivity contribution in [1.29, 1.82) is 0 Å². The molecule has 4 heterocycles. The summed E-state index contributed by atoms with van der Waals surface area (Å²) in [6.07, 6.45) is 1.73. The Morgan fingerprint density at radius 3 is 2.56 bits per heavy atom. The van der Waals surface area contributed by atoms with E-state index < -0.39 is 17.7 Å². The lowest BCUT2D eigenvalue weighted by Gasteiger charge is -2.23. The van der Waals surface area contributed by atoms with Crippen LogP contribution in [0.25, 0.3) is 11.4 Å². The summed E-state index contributed by atoms with van der Waals surface area (Å²) in [7, 11) is 1.51. The van der Waals surface area contributed by atoms with Gasteiger partial charge in [0.25, 0.3) is 5.78 Å². The zero-order valence-electron chi connectivity index (χ0n) is 26.5. The highest BCUT2D eigenvalue weighted by molar-refractivity contribution is 8.00. The summed E-state index contributed by atoms with van der Waals surface area (Å²) in [5, 5.41) is 21.8. The topological polar surface area (TPSA) is 119 Å². The fourth-order valence-electron chi connectivity index (χ4n) is 5.72. The van der Waals surface area contributed by atoms with E-state index in [0.29, 0.717) is 60.8 Å². The van der Waals surface area contributed by atoms with Gasteiger partial charge >= 0.3 is 5.91 Å². The van der Waals surface area contributed by atoms with E-state index in [1.807, 2.05) is 42.5 Å². The number of fused-ring (bicyclic) bond motifs is 1. The van der Waals surface area contributed by atoms with Crippen LogP contribution in [0.15, 0.2) is 101 Å². The van der Waals surface area contributed by atoms with Crippen molar-refractivity contribution in [3.8, 4) is 11.5 Å². The van der Waals surface area contributed by atoms with Crippen molar-refractivity contribution in [2.75, 3.05) is 12.0 Å². The maximum Gasteiger partial charge on any atom is 0.301 e. The highest BCUT2D eigenvalue weighted by Crippen LogP contribution is 2.46. The van der Waals surface area contributed by atoms with Gasteiger partial charge < -0.3 is 14.6 Å².